The lowest BCUT2D eigenvalue weighted by Crippen LogP contribution is -2.28. The van der Waals surface area contributed by atoms with Gasteiger partial charge in [-0.2, -0.15) is 0 Å². The molecule has 0 radical (unpaired) electrons. The molecule has 3 nitrogen and oxygen atoms in total. The van der Waals surface area contributed by atoms with Crippen molar-refractivity contribution in [1.82, 2.24) is 9.88 Å². The number of pyridine rings is 1. The highest BCUT2D eigenvalue weighted by molar-refractivity contribution is 6.42. The molecule has 0 unspecified atom stereocenters. The number of rotatable bonds is 4. The molecule has 114 valence electrons. The molecule has 1 saturated carbocycles. The van der Waals surface area contributed by atoms with Gasteiger partial charge in [0.05, 0.1) is 22.3 Å². The lowest BCUT2D eigenvalue weighted by molar-refractivity contribution is -0.131. The first-order chi connectivity index (χ1) is 10.6. The third kappa shape index (κ3) is 3.26. The lowest BCUT2D eigenvalue weighted by atomic mass is 10.1. The number of nitrogens with zero attached hydrogens (tertiary/aromatic N) is 2. The van der Waals surface area contributed by atoms with Crippen molar-refractivity contribution < 1.29 is 4.79 Å². The molecule has 0 aliphatic heterocycles. The van der Waals surface area contributed by atoms with Gasteiger partial charge in [-0.15, -0.1) is 0 Å². The molecule has 1 aromatic heterocycles. The molecule has 5 heteroatoms. The van der Waals surface area contributed by atoms with Gasteiger partial charge < -0.3 is 4.90 Å². The van der Waals surface area contributed by atoms with E-state index in [1.165, 1.54) is 0 Å². The number of halogens is 2. The molecule has 0 saturated heterocycles. The largest absolute Gasteiger partial charge is 0.340 e. The summed E-state index contributed by atoms with van der Waals surface area (Å²) < 4.78 is 0. The minimum absolute atomic E-state index is 0.0333. The van der Waals surface area contributed by atoms with E-state index >= 15 is 0 Å². The van der Waals surface area contributed by atoms with Crippen LogP contribution >= 0.6 is 23.2 Å². The van der Waals surface area contributed by atoms with Gasteiger partial charge in [-0.1, -0.05) is 35.3 Å². The van der Waals surface area contributed by atoms with Gasteiger partial charge in [-0.25, -0.2) is 0 Å². The standard InChI is InChI=1S/C17H16Cl2N2O/c1-21(10-12-4-2-3-7-20-12)17(22)14-9-13(14)11-5-6-15(18)16(19)8-11/h2-8,13-14H,9-10H2,1H3/t13-,14+/m1/s1. The Hall–Kier alpha value is -1.58. The zero-order chi connectivity index (χ0) is 15.7. The van der Waals surface area contributed by atoms with E-state index in [4.69, 9.17) is 23.2 Å². The molecule has 1 aliphatic carbocycles. The second-order valence-corrected chi connectivity index (χ2v) is 6.45. The van der Waals surface area contributed by atoms with Crippen LogP contribution < -0.4 is 0 Å². The van der Waals surface area contributed by atoms with Gasteiger partial charge in [-0.05, 0) is 42.2 Å². The Morgan fingerprint density at radius 1 is 1.27 bits per heavy atom. The summed E-state index contributed by atoms with van der Waals surface area (Å²) >= 11 is 12.0. The van der Waals surface area contributed by atoms with Crippen molar-refractivity contribution in [3.8, 4) is 0 Å². The summed E-state index contributed by atoms with van der Waals surface area (Å²) in [5, 5.41) is 1.08. The maximum absolute atomic E-state index is 12.5. The van der Waals surface area contributed by atoms with Crippen molar-refractivity contribution in [2.45, 2.75) is 18.9 Å². The molecular formula is C17H16Cl2N2O. The molecule has 1 aromatic carbocycles. The van der Waals surface area contributed by atoms with E-state index in [1.807, 2.05) is 37.4 Å². The highest BCUT2D eigenvalue weighted by Crippen LogP contribution is 2.49. The average molecular weight is 335 g/mol. The Morgan fingerprint density at radius 2 is 2.09 bits per heavy atom. The van der Waals surface area contributed by atoms with Gasteiger partial charge in [0, 0.05) is 19.2 Å². The lowest BCUT2D eigenvalue weighted by Gasteiger charge is -2.16. The van der Waals surface area contributed by atoms with Gasteiger partial charge in [0.15, 0.2) is 0 Å². The van der Waals surface area contributed by atoms with Crippen LogP contribution in [0.3, 0.4) is 0 Å². The first kappa shape index (κ1) is 15.3. The monoisotopic (exact) mass is 334 g/mol. The second kappa shape index (κ2) is 6.27. The first-order valence-electron chi connectivity index (χ1n) is 7.16. The number of carbonyl (C=O) groups is 1. The smallest absolute Gasteiger partial charge is 0.226 e. The quantitative estimate of drug-likeness (QED) is 0.841. The molecule has 1 amide bonds. The fraction of sp³-hybridized carbons (Fsp3) is 0.294. The van der Waals surface area contributed by atoms with Crippen molar-refractivity contribution in [2.24, 2.45) is 5.92 Å². The number of hydrogen-bond donors (Lipinski definition) is 0. The molecule has 0 bridgehead atoms. The molecule has 1 heterocycles. The van der Waals surface area contributed by atoms with E-state index in [1.54, 1.807) is 17.2 Å². The normalized spacial score (nSPS) is 19.8. The molecule has 2 aromatic rings. The maximum Gasteiger partial charge on any atom is 0.226 e. The summed E-state index contributed by atoms with van der Waals surface area (Å²) in [4.78, 5) is 18.5. The van der Waals surface area contributed by atoms with E-state index < -0.39 is 0 Å². The van der Waals surface area contributed by atoms with E-state index in [-0.39, 0.29) is 17.7 Å². The van der Waals surface area contributed by atoms with Crippen LogP contribution in [0.15, 0.2) is 42.6 Å². The van der Waals surface area contributed by atoms with Crippen LogP contribution in [0.5, 0.6) is 0 Å². The van der Waals surface area contributed by atoms with Gasteiger partial charge in [-0.3, -0.25) is 9.78 Å². The molecule has 0 N–H and O–H groups in total. The van der Waals surface area contributed by atoms with Crippen LogP contribution in [0.1, 0.15) is 23.6 Å². The topological polar surface area (TPSA) is 33.2 Å². The van der Waals surface area contributed by atoms with Crippen molar-refractivity contribution in [3.05, 3.63) is 63.9 Å². The summed E-state index contributed by atoms with van der Waals surface area (Å²) in [6, 6.07) is 11.3. The van der Waals surface area contributed by atoms with E-state index in [0.717, 1.165) is 17.7 Å². The van der Waals surface area contributed by atoms with Crippen LogP contribution in [0.4, 0.5) is 0 Å². The van der Waals surface area contributed by atoms with Crippen molar-refractivity contribution >= 4 is 29.1 Å². The van der Waals surface area contributed by atoms with Crippen LogP contribution in [0, 0.1) is 5.92 Å². The molecule has 1 aliphatic rings. The van der Waals surface area contributed by atoms with Gasteiger partial charge in [0.2, 0.25) is 5.91 Å². The van der Waals surface area contributed by atoms with E-state index in [2.05, 4.69) is 4.98 Å². The molecule has 2 atom stereocenters. The maximum atomic E-state index is 12.5. The molecule has 0 spiro atoms. The van der Waals surface area contributed by atoms with Gasteiger partial charge in [0.25, 0.3) is 0 Å². The zero-order valence-corrected chi connectivity index (χ0v) is 13.7. The van der Waals surface area contributed by atoms with Crippen LogP contribution in [-0.4, -0.2) is 22.8 Å². The Labute approximate surface area is 139 Å². The number of benzene rings is 1. The van der Waals surface area contributed by atoms with Crippen molar-refractivity contribution in [2.75, 3.05) is 7.05 Å². The highest BCUT2D eigenvalue weighted by atomic mass is 35.5. The van der Waals surface area contributed by atoms with Gasteiger partial charge >= 0.3 is 0 Å². The van der Waals surface area contributed by atoms with Crippen LogP contribution in [0.2, 0.25) is 10.0 Å². The third-order valence-corrected chi connectivity index (χ3v) is 4.72. The zero-order valence-electron chi connectivity index (χ0n) is 12.2. The Balaban J connectivity index is 1.63. The van der Waals surface area contributed by atoms with Crippen molar-refractivity contribution in [1.29, 1.82) is 0 Å². The first-order valence-corrected chi connectivity index (χ1v) is 7.91. The Bertz CT molecular complexity index is 690. The minimum atomic E-state index is 0.0333. The van der Waals surface area contributed by atoms with Crippen LogP contribution in [0.25, 0.3) is 0 Å². The molecule has 22 heavy (non-hydrogen) atoms. The summed E-state index contributed by atoms with van der Waals surface area (Å²) in [6.07, 6.45) is 2.60. The predicted octanol–water partition coefficient (Wildman–Crippen LogP) is 4.15. The SMILES string of the molecule is CN(Cc1ccccn1)C(=O)[C@H]1C[C@@H]1c1ccc(Cl)c(Cl)c1. The summed E-state index contributed by atoms with van der Waals surface area (Å²) in [7, 11) is 1.82. The number of amides is 1. The number of aromatic nitrogens is 1. The van der Waals surface area contributed by atoms with Crippen LogP contribution in [-0.2, 0) is 11.3 Å². The summed E-state index contributed by atoms with van der Waals surface area (Å²) in [5.74, 6) is 0.432. The average Bonchev–Trinajstić information content (AvgIpc) is 3.31. The fourth-order valence-corrected chi connectivity index (χ4v) is 2.98. The fourth-order valence-electron chi connectivity index (χ4n) is 2.67. The third-order valence-electron chi connectivity index (χ3n) is 3.98. The van der Waals surface area contributed by atoms with Crippen molar-refractivity contribution in [3.63, 3.8) is 0 Å². The Kier molecular flexibility index (Phi) is 4.37. The number of hydrogen-bond acceptors (Lipinski definition) is 2. The molecular weight excluding hydrogens is 319 g/mol. The summed E-state index contributed by atoms with van der Waals surface area (Å²) in [6.45, 7) is 0.532. The number of carbonyl (C=O) groups excluding carboxylic acids is 1. The highest BCUT2D eigenvalue weighted by Gasteiger charge is 2.45. The summed E-state index contributed by atoms with van der Waals surface area (Å²) in [5.41, 5.74) is 1.98. The molecule has 3 rings (SSSR count). The Morgan fingerprint density at radius 3 is 2.77 bits per heavy atom. The van der Waals surface area contributed by atoms with E-state index in [9.17, 15) is 4.79 Å². The second-order valence-electron chi connectivity index (χ2n) is 5.64. The minimum Gasteiger partial charge on any atom is -0.340 e. The predicted molar refractivity (Wildman–Crippen MR) is 88.0 cm³/mol. The van der Waals surface area contributed by atoms with Gasteiger partial charge in [0.1, 0.15) is 0 Å². The molecule has 1 fully saturated rings. The van der Waals surface area contributed by atoms with E-state index in [0.29, 0.717) is 16.6 Å².